The summed E-state index contributed by atoms with van der Waals surface area (Å²) in [5, 5.41) is 9.89. The van der Waals surface area contributed by atoms with Crippen LogP contribution in [0.15, 0.2) is 60.0 Å². The van der Waals surface area contributed by atoms with Crippen LogP contribution in [0, 0.1) is 5.92 Å². The number of sulfonamides is 1. The molecule has 2 saturated heterocycles. The molecule has 2 aromatic heterocycles. The van der Waals surface area contributed by atoms with E-state index in [0.717, 1.165) is 48.7 Å². The van der Waals surface area contributed by atoms with Crippen molar-refractivity contribution in [3.05, 3.63) is 65.7 Å². The largest absolute Gasteiger partial charge is 0.497 e. The molecule has 60 heavy (non-hydrogen) atoms. The minimum Gasteiger partial charge on any atom is -0.497 e. The molecule has 0 unspecified atom stereocenters. The number of thiazole rings is 1. The number of methoxy groups -OCH3 is 1. The molecule has 4 heterocycles. The van der Waals surface area contributed by atoms with Crippen LogP contribution in [-0.4, -0.2) is 83.1 Å². The van der Waals surface area contributed by atoms with E-state index in [1.165, 1.54) is 11.3 Å². The van der Waals surface area contributed by atoms with Crippen molar-refractivity contribution < 1.29 is 32.3 Å². The number of carbonyl (C=O) groups excluding carboxylic acids is 3. The predicted molar refractivity (Wildman–Crippen MR) is 232 cm³/mol. The number of hydrogen-bond acceptors (Lipinski definition) is 11. The highest BCUT2D eigenvalue weighted by Gasteiger charge is 2.63. The van der Waals surface area contributed by atoms with Crippen molar-refractivity contribution in [2.45, 2.75) is 132 Å². The Labute approximate surface area is 356 Å². The van der Waals surface area contributed by atoms with Crippen LogP contribution in [0.5, 0.6) is 11.5 Å². The maximum absolute atomic E-state index is 15.0. The van der Waals surface area contributed by atoms with E-state index in [2.05, 4.69) is 36.1 Å². The molecule has 2 aromatic carbocycles. The number of anilines is 1. The summed E-state index contributed by atoms with van der Waals surface area (Å²) in [4.78, 5) is 55.2. The lowest BCUT2D eigenvalue weighted by Crippen LogP contribution is -2.58. The monoisotopic (exact) mass is 856 g/mol. The number of nitrogens with one attached hydrogen (secondary N) is 3. The highest BCUT2D eigenvalue weighted by atomic mass is 32.2. The Morgan fingerprint density at radius 1 is 0.983 bits per heavy atom. The van der Waals surface area contributed by atoms with Crippen LogP contribution >= 0.6 is 11.3 Å². The van der Waals surface area contributed by atoms with Gasteiger partial charge in [-0.25, -0.2) is 18.4 Å². The number of aromatic nitrogens is 2. The highest BCUT2D eigenvalue weighted by Crippen LogP contribution is 2.49. The molecule has 2 aliphatic heterocycles. The number of benzene rings is 2. The van der Waals surface area contributed by atoms with Crippen LogP contribution in [0.2, 0.25) is 0 Å². The van der Waals surface area contributed by atoms with Crippen LogP contribution in [0.3, 0.4) is 0 Å². The summed E-state index contributed by atoms with van der Waals surface area (Å²) < 4.78 is 40.3. The first-order chi connectivity index (χ1) is 28.6. The van der Waals surface area contributed by atoms with Crippen molar-refractivity contribution >= 4 is 55.1 Å². The summed E-state index contributed by atoms with van der Waals surface area (Å²) in [7, 11) is -2.35. The molecule has 15 heteroatoms. The first kappa shape index (κ1) is 42.0. The van der Waals surface area contributed by atoms with Gasteiger partial charge in [0, 0.05) is 40.3 Å². The molecule has 3 amide bonds. The number of amides is 3. The van der Waals surface area contributed by atoms with Crippen molar-refractivity contribution in [1.29, 1.82) is 0 Å². The van der Waals surface area contributed by atoms with Gasteiger partial charge in [0.2, 0.25) is 21.8 Å². The molecule has 2 saturated carbocycles. The number of fused-ring (bicyclic) bond motifs is 3. The van der Waals surface area contributed by atoms with Crippen LogP contribution < -0.4 is 24.8 Å². The van der Waals surface area contributed by atoms with E-state index in [-0.39, 0.29) is 30.2 Å². The normalized spacial score (nSPS) is 25.9. The Morgan fingerprint density at radius 2 is 1.72 bits per heavy atom. The Balaban J connectivity index is 1.13. The lowest BCUT2D eigenvalue weighted by Gasteiger charge is -2.30. The van der Waals surface area contributed by atoms with Gasteiger partial charge in [0.15, 0.2) is 5.13 Å². The lowest BCUT2D eigenvalue weighted by molar-refractivity contribution is -0.140. The fourth-order valence-corrected chi connectivity index (χ4v) is 10.8. The maximum atomic E-state index is 15.0. The number of carbonyl (C=O) groups is 3. The lowest BCUT2D eigenvalue weighted by atomic mass is 9.93. The quantitative estimate of drug-likeness (QED) is 0.158. The third-order valence-electron chi connectivity index (χ3n) is 12.8. The van der Waals surface area contributed by atoms with E-state index in [1.54, 1.807) is 18.9 Å². The Bertz CT molecular complexity index is 2380. The van der Waals surface area contributed by atoms with Crippen molar-refractivity contribution in [2.24, 2.45) is 5.92 Å². The highest BCUT2D eigenvalue weighted by molar-refractivity contribution is 7.91. The predicted octanol–water partition coefficient (Wildman–Crippen LogP) is 7.11. The van der Waals surface area contributed by atoms with Gasteiger partial charge in [-0.15, -0.1) is 11.3 Å². The minimum absolute atomic E-state index is 0.107. The molecule has 13 nitrogen and oxygen atoms in total. The second kappa shape index (κ2) is 16.3. The zero-order chi connectivity index (χ0) is 42.5. The second-order valence-corrected chi connectivity index (χ2v) is 21.4. The van der Waals surface area contributed by atoms with Crippen molar-refractivity contribution in [3.8, 4) is 22.8 Å². The molecule has 0 radical (unpaired) electrons. The van der Waals surface area contributed by atoms with Crippen molar-refractivity contribution in [1.82, 2.24) is 24.9 Å². The molecule has 5 atom stereocenters. The van der Waals surface area contributed by atoms with Gasteiger partial charge in [-0.1, -0.05) is 83.2 Å². The van der Waals surface area contributed by atoms with Crippen molar-refractivity contribution in [3.63, 3.8) is 0 Å². The number of pyridine rings is 1. The van der Waals surface area contributed by atoms with Gasteiger partial charge in [0.1, 0.15) is 35.2 Å². The first-order valence-corrected chi connectivity index (χ1v) is 23.6. The molecule has 320 valence electrons. The maximum Gasteiger partial charge on any atom is 0.259 e. The summed E-state index contributed by atoms with van der Waals surface area (Å²) in [6.45, 7) is 8.03. The van der Waals surface area contributed by atoms with E-state index in [0.29, 0.717) is 59.9 Å². The Morgan fingerprint density at radius 3 is 2.42 bits per heavy atom. The molecular formula is C45H56N6O7S2. The van der Waals surface area contributed by atoms with Crippen molar-refractivity contribution in [2.75, 3.05) is 19.0 Å². The summed E-state index contributed by atoms with van der Waals surface area (Å²) in [5.41, 5.74) is 1.61. The molecule has 2 aliphatic carbocycles. The fourth-order valence-electron chi connectivity index (χ4n) is 8.52. The van der Waals surface area contributed by atoms with E-state index in [9.17, 15) is 22.8 Å². The first-order valence-electron chi connectivity index (χ1n) is 21.2. The van der Waals surface area contributed by atoms with E-state index in [4.69, 9.17) is 19.4 Å². The van der Waals surface area contributed by atoms with E-state index >= 15 is 0 Å². The molecule has 3 N–H and O–H groups in total. The average molecular weight is 857 g/mol. The molecule has 4 aliphatic rings. The number of nitrogens with zero attached hydrogens (tertiary/aromatic N) is 3. The number of hydrogen-bond donors (Lipinski definition) is 3. The minimum atomic E-state index is -3.95. The standard InChI is InChI=1S/C45H56N6O7S2/c1-43(2,3)38-27-59-42(48-38)47-33-17-13-8-6-7-12-16-29-25-45(29,41(54)50-60(55,56)44(4)20-21-44)49-39(52)36-23-31(26-51(36)40(33)53)58-37-24-34(28-14-10-9-11-15-28)46-35-22-30(57-5)18-19-32(35)37/h9-11,14-15,18-19,22,24,27,29,31,33,36H,6-8,12-13,16-17,20-21,23,25-26H2,1-5H3,(H,47,48)(H,49,52)(H,50,54)/t29-,31-,33+,36+,45-/m1/s1. The Hall–Kier alpha value is -4.76. The van der Waals surface area contributed by atoms with Gasteiger partial charge in [-0.3, -0.25) is 19.1 Å². The molecule has 8 rings (SSSR count). The number of ether oxygens (including phenoxy) is 2. The summed E-state index contributed by atoms with van der Waals surface area (Å²) >= 11 is 1.45. The zero-order valence-corrected chi connectivity index (χ0v) is 36.7. The van der Waals surface area contributed by atoms with Gasteiger partial charge in [0.05, 0.1) is 35.3 Å². The van der Waals surface area contributed by atoms with Gasteiger partial charge in [-0.05, 0) is 57.1 Å². The van der Waals surface area contributed by atoms with Crippen LogP contribution in [0.1, 0.15) is 104 Å². The SMILES string of the molecule is COc1ccc2c(O[C@@H]3C[C@H]4C(=O)N[C@]5(C(=O)NS(=O)(=O)C6(C)CC6)C[C@H]5CCCCCCC[C@H](Nc5nc(C(C)(C)C)cs5)C(=O)N4C3)cc(-c3ccccc3)nc2c1. The smallest absolute Gasteiger partial charge is 0.259 e. The second-order valence-electron chi connectivity index (χ2n) is 18.3. The van der Waals surface area contributed by atoms with Crippen LogP contribution in [-0.2, 0) is 29.8 Å². The fraction of sp³-hybridized carbons (Fsp3) is 0.533. The van der Waals surface area contributed by atoms with Crippen LogP contribution in [0.4, 0.5) is 5.13 Å². The van der Waals surface area contributed by atoms with Crippen LogP contribution in [0.25, 0.3) is 22.2 Å². The Kier molecular flexibility index (Phi) is 11.4. The van der Waals surface area contributed by atoms with Gasteiger partial charge in [-0.2, -0.15) is 0 Å². The van der Waals surface area contributed by atoms with Gasteiger partial charge in [0.25, 0.3) is 5.91 Å². The molecule has 4 aromatic rings. The summed E-state index contributed by atoms with van der Waals surface area (Å²) in [6, 6.07) is 15.6. The average Bonchev–Trinajstić information content (AvgIpc) is 4.00. The summed E-state index contributed by atoms with van der Waals surface area (Å²) in [5.74, 6) is -0.496. The topological polar surface area (TPSA) is 169 Å². The molecule has 0 spiro atoms. The zero-order valence-electron chi connectivity index (χ0n) is 35.1. The number of rotatable bonds is 9. The third kappa shape index (κ3) is 8.57. The van der Waals surface area contributed by atoms with Gasteiger partial charge < -0.3 is 25.0 Å². The molecular weight excluding hydrogens is 801 g/mol. The molecule has 0 bridgehead atoms. The third-order valence-corrected chi connectivity index (χ3v) is 15.7. The molecule has 4 fully saturated rings. The van der Waals surface area contributed by atoms with E-state index in [1.807, 2.05) is 60.0 Å². The van der Waals surface area contributed by atoms with Gasteiger partial charge >= 0.3 is 0 Å². The summed E-state index contributed by atoms with van der Waals surface area (Å²) in [6.07, 6.45) is 6.48. The van der Waals surface area contributed by atoms with E-state index < -0.39 is 50.3 Å².